The van der Waals surface area contributed by atoms with E-state index in [4.69, 9.17) is 0 Å². The first-order valence-electron chi connectivity index (χ1n) is 10.2. The second-order valence-electron chi connectivity index (χ2n) is 7.77. The quantitative estimate of drug-likeness (QED) is 0.627. The molecule has 2 aromatic carbocycles. The van der Waals surface area contributed by atoms with E-state index in [1.807, 2.05) is 12.1 Å². The van der Waals surface area contributed by atoms with E-state index in [-0.39, 0.29) is 5.69 Å². The van der Waals surface area contributed by atoms with Gasteiger partial charge < -0.3 is 5.32 Å². The molecule has 1 aliphatic rings. The van der Waals surface area contributed by atoms with Crippen molar-refractivity contribution in [2.75, 3.05) is 30.2 Å². The molecular formula is C22H27F2N3O3S. The maximum absolute atomic E-state index is 13.6. The van der Waals surface area contributed by atoms with Crippen LogP contribution in [0.25, 0.3) is 0 Å². The van der Waals surface area contributed by atoms with Crippen molar-refractivity contribution in [2.24, 2.45) is 0 Å². The smallest absolute Gasteiger partial charge is 0.243 e. The minimum atomic E-state index is -3.89. The van der Waals surface area contributed by atoms with Gasteiger partial charge in [-0.25, -0.2) is 17.2 Å². The lowest BCUT2D eigenvalue weighted by atomic mass is 10.00. The van der Waals surface area contributed by atoms with Gasteiger partial charge in [0.05, 0.1) is 11.9 Å². The van der Waals surface area contributed by atoms with E-state index < -0.39 is 33.6 Å². The Hall–Kier alpha value is -2.52. The van der Waals surface area contributed by atoms with Crippen LogP contribution in [0.1, 0.15) is 24.5 Å². The van der Waals surface area contributed by atoms with Crippen LogP contribution >= 0.6 is 0 Å². The predicted octanol–water partition coefficient (Wildman–Crippen LogP) is 2.68. The summed E-state index contributed by atoms with van der Waals surface area (Å²) in [5.74, 6) is -2.77. The van der Waals surface area contributed by atoms with Crippen LogP contribution in [0.15, 0.2) is 42.5 Å². The number of halogens is 2. The molecule has 0 fully saturated rings. The van der Waals surface area contributed by atoms with Crippen molar-refractivity contribution in [2.45, 2.75) is 32.4 Å². The molecule has 0 saturated heterocycles. The molecule has 0 radical (unpaired) electrons. The van der Waals surface area contributed by atoms with Gasteiger partial charge >= 0.3 is 0 Å². The summed E-state index contributed by atoms with van der Waals surface area (Å²) in [6.45, 7) is 4.44. The average molecular weight is 452 g/mol. The summed E-state index contributed by atoms with van der Waals surface area (Å²) in [4.78, 5) is 14.9. The van der Waals surface area contributed by atoms with Crippen LogP contribution < -0.4 is 9.62 Å². The van der Waals surface area contributed by atoms with Crippen LogP contribution in [-0.2, 0) is 27.8 Å². The van der Waals surface area contributed by atoms with Crippen LogP contribution in [0.4, 0.5) is 14.5 Å². The number of amides is 1. The van der Waals surface area contributed by atoms with Crippen molar-refractivity contribution in [1.82, 2.24) is 10.2 Å². The third-order valence-electron chi connectivity index (χ3n) is 5.41. The van der Waals surface area contributed by atoms with Crippen LogP contribution in [0.2, 0.25) is 0 Å². The number of benzene rings is 2. The molecule has 3 rings (SSSR count). The van der Waals surface area contributed by atoms with Crippen molar-refractivity contribution in [1.29, 1.82) is 0 Å². The lowest BCUT2D eigenvalue weighted by Crippen LogP contribution is -2.48. The second-order valence-corrected chi connectivity index (χ2v) is 9.63. The predicted molar refractivity (Wildman–Crippen MR) is 116 cm³/mol. The minimum absolute atomic E-state index is 0.101. The molecule has 0 aromatic heterocycles. The Morgan fingerprint density at radius 2 is 1.87 bits per heavy atom. The molecule has 2 aromatic rings. The molecule has 1 atom stereocenters. The molecule has 31 heavy (non-hydrogen) atoms. The van der Waals surface area contributed by atoms with E-state index >= 15 is 0 Å². The molecule has 9 heteroatoms. The monoisotopic (exact) mass is 451 g/mol. The third kappa shape index (κ3) is 5.80. The lowest BCUT2D eigenvalue weighted by molar-refractivity contribution is -0.121. The fraction of sp³-hybridized carbons (Fsp3) is 0.409. The van der Waals surface area contributed by atoms with Gasteiger partial charge in [-0.15, -0.1) is 0 Å². The number of nitrogens with one attached hydrogen (secondary N) is 1. The maximum atomic E-state index is 13.6. The number of carbonyl (C=O) groups is 1. The highest BCUT2D eigenvalue weighted by atomic mass is 32.2. The zero-order valence-corrected chi connectivity index (χ0v) is 18.5. The molecule has 6 nitrogen and oxygen atoms in total. The highest BCUT2D eigenvalue weighted by molar-refractivity contribution is 7.92. The molecule has 1 N–H and O–H groups in total. The topological polar surface area (TPSA) is 69.7 Å². The number of hydrogen-bond acceptors (Lipinski definition) is 4. The highest BCUT2D eigenvalue weighted by Gasteiger charge is 2.29. The Labute approximate surface area is 181 Å². The van der Waals surface area contributed by atoms with Gasteiger partial charge in [0.15, 0.2) is 11.6 Å². The van der Waals surface area contributed by atoms with E-state index in [1.165, 1.54) is 18.1 Å². The zero-order valence-electron chi connectivity index (χ0n) is 17.6. The lowest BCUT2D eigenvalue weighted by Gasteiger charge is -2.29. The Kier molecular flexibility index (Phi) is 7.27. The molecule has 0 spiro atoms. The molecule has 1 heterocycles. The van der Waals surface area contributed by atoms with Crippen molar-refractivity contribution < 1.29 is 22.0 Å². The first kappa shape index (κ1) is 23.1. The number of nitrogens with zero attached hydrogens (tertiary/aromatic N) is 2. The van der Waals surface area contributed by atoms with E-state index in [2.05, 4.69) is 22.3 Å². The molecule has 0 bridgehead atoms. The van der Waals surface area contributed by atoms with E-state index in [1.54, 1.807) is 0 Å². The number of rotatable bonds is 8. The van der Waals surface area contributed by atoms with Gasteiger partial charge in [0.2, 0.25) is 15.9 Å². The van der Waals surface area contributed by atoms with Crippen LogP contribution in [0.3, 0.4) is 0 Å². The number of hydrogen-bond donors (Lipinski definition) is 1. The van der Waals surface area contributed by atoms with Crippen molar-refractivity contribution in [3.05, 3.63) is 65.2 Å². The first-order chi connectivity index (χ1) is 14.7. The third-order valence-corrected chi connectivity index (χ3v) is 6.65. The summed E-state index contributed by atoms with van der Waals surface area (Å²) in [6.07, 6.45) is 2.63. The van der Waals surface area contributed by atoms with Gasteiger partial charge in [-0.1, -0.05) is 24.3 Å². The Morgan fingerprint density at radius 1 is 1.16 bits per heavy atom. The van der Waals surface area contributed by atoms with Gasteiger partial charge in [-0.2, -0.15) is 0 Å². The van der Waals surface area contributed by atoms with Crippen LogP contribution in [0.5, 0.6) is 0 Å². The Morgan fingerprint density at radius 3 is 2.55 bits per heavy atom. The van der Waals surface area contributed by atoms with E-state index in [0.29, 0.717) is 13.0 Å². The summed E-state index contributed by atoms with van der Waals surface area (Å²) >= 11 is 0. The molecule has 168 valence electrons. The normalized spacial score (nSPS) is 15.2. The largest absolute Gasteiger partial charge is 0.354 e. The number of fused-ring (bicyclic) bond motifs is 1. The Balaban J connectivity index is 1.54. The zero-order chi connectivity index (χ0) is 22.6. The molecule has 0 saturated carbocycles. The van der Waals surface area contributed by atoms with Crippen molar-refractivity contribution >= 4 is 21.6 Å². The fourth-order valence-electron chi connectivity index (χ4n) is 3.84. The van der Waals surface area contributed by atoms with Gasteiger partial charge in [0, 0.05) is 32.2 Å². The first-order valence-corrected chi connectivity index (χ1v) is 12.0. The average Bonchev–Trinajstić information content (AvgIpc) is 2.72. The van der Waals surface area contributed by atoms with Gasteiger partial charge in [-0.05, 0) is 43.0 Å². The van der Waals surface area contributed by atoms with Gasteiger partial charge in [0.1, 0.15) is 6.04 Å². The summed E-state index contributed by atoms with van der Waals surface area (Å²) in [6, 6.07) is 9.99. The van der Waals surface area contributed by atoms with Crippen molar-refractivity contribution in [3.8, 4) is 0 Å². The van der Waals surface area contributed by atoms with Gasteiger partial charge in [0.25, 0.3) is 0 Å². The number of carbonyl (C=O) groups excluding carboxylic acids is 1. The summed E-state index contributed by atoms with van der Waals surface area (Å²) in [5, 5.41) is 2.75. The number of sulfonamides is 1. The fourth-order valence-corrected chi connectivity index (χ4v) is 5.00. The molecule has 0 aliphatic carbocycles. The summed E-state index contributed by atoms with van der Waals surface area (Å²) in [7, 11) is -3.89. The standard InChI is InChI=1S/C22H27F2N3O3S/c1-16(27(31(2,29)30)19-8-9-20(23)21(24)14-19)22(28)25-11-5-12-26-13-10-17-6-3-4-7-18(17)15-26/h3-4,6-9,14,16H,5,10-13,15H2,1-2H3,(H,25,28)/t16-/m0/s1. The molecule has 1 aliphatic heterocycles. The van der Waals surface area contributed by atoms with Gasteiger partial charge in [-0.3, -0.25) is 14.0 Å². The van der Waals surface area contributed by atoms with Crippen molar-refractivity contribution in [3.63, 3.8) is 0 Å². The highest BCUT2D eigenvalue weighted by Crippen LogP contribution is 2.23. The van der Waals surface area contributed by atoms with Crippen LogP contribution in [0, 0.1) is 11.6 Å². The maximum Gasteiger partial charge on any atom is 0.243 e. The Bertz CT molecular complexity index is 1050. The second kappa shape index (κ2) is 9.74. The summed E-state index contributed by atoms with van der Waals surface area (Å²) < 4.78 is 52.1. The molecular weight excluding hydrogens is 424 g/mol. The molecule has 1 amide bonds. The van der Waals surface area contributed by atoms with Crippen LogP contribution in [-0.4, -0.2) is 51.2 Å². The number of anilines is 1. The summed E-state index contributed by atoms with van der Waals surface area (Å²) in [5.41, 5.74) is 2.59. The van der Waals surface area contributed by atoms with E-state index in [0.717, 1.165) is 54.8 Å². The van der Waals surface area contributed by atoms with E-state index in [9.17, 15) is 22.0 Å². The molecule has 0 unspecified atom stereocenters. The minimum Gasteiger partial charge on any atom is -0.354 e. The SMILES string of the molecule is C[C@@H](C(=O)NCCCN1CCc2ccccc2C1)N(c1ccc(F)c(F)c1)S(C)(=O)=O.